The Morgan fingerprint density at radius 3 is 2.68 bits per heavy atom. The molecule has 1 aliphatic rings. The van der Waals surface area contributed by atoms with E-state index in [1.165, 1.54) is 5.57 Å². The number of nitrogens with zero attached hydrogens (tertiary/aromatic N) is 2. The van der Waals surface area contributed by atoms with Crippen LogP contribution < -0.4 is 5.32 Å². The van der Waals surface area contributed by atoms with Gasteiger partial charge in [-0.1, -0.05) is 46.8 Å². The molecule has 1 aromatic carbocycles. The van der Waals surface area contributed by atoms with E-state index in [-0.39, 0.29) is 24.9 Å². The van der Waals surface area contributed by atoms with Crippen LogP contribution in [0, 0.1) is 11.8 Å². The van der Waals surface area contributed by atoms with E-state index < -0.39 is 0 Å². The fourth-order valence-corrected chi connectivity index (χ4v) is 3.60. The van der Waals surface area contributed by atoms with E-state index in [1.807, 2.05) is 38.1 Å². The van der Waals surface area contributed by atoms with Crippen molar-refractivity contribution in [1.29, 1.82) is 0 Å². The number of para-hydroxylation sites is 2. The number of hydrogen-bond acceptors (Lipinski definition) is 5. The van der Waals surface area contributed by atoms with Crippen molar-refractivity contribution in [2.75, 3.05) is 12.1 Å². The number of nitrogens with one attached hydrogen (secondary N) is 1. The van der Waals surface area contributed by atoms with Crippen LogP contribution in [0.1, 0.15) is 60.1 Å². The van der Waals surface area contributed by atoms with Crippen LogP contribution in [-0.4, -0.2) is 22.3 Å². The minimum absolute atomic E-state index is 0.0700. The molecule has 0 saturated heterocycles. The number of imidazole rings is 1. The van der Waals surface area contributed by atoms with Crippen molar-refractivity contribution >= 4 is 23.0 Å². The molecule has 0 fully saturated rings. The second-order valence-corrected chi connectivity index (χ2v) is 7.77. The molecule has 152 valence electrons. The van der Waals surface area contributed by atoms with Gasteiger partial charge in [0.1, 0.15) is 0 Å². The Bertz CT molecular complexity index is 869. The maximum Gasteiger partial charge on any atom is 0.308 e. The molecule has 0 bridgehead atoms. The molecule has 1 aromatic heterocycles. The van der Waals surface area contributed by atoms with Gasteiger partial charge in [-0.25, -0.2) is 4.98 Å². The standard InChI is InChI=1S/C22H31N3O3/c1-6-15(5)20-16(7-2)21(28-13-27-19(26)12-14(3)4)25-18-11-9-8-10-17(18)23-22(25)24-20/h8-11,14-15,21H,6-7,12-13H2,1-5H3,(H,23,24). The fraction of sp³-hybridized carbons (Fsp3) is 0.545. The normalized spacial score (nSPS) is 17.6. The summed E-state index contributed by atoms with van der Waals surface area (Å²) in [6.07, 6.45) is 1.90. The number of aromatic nitrogens is 2. The molecule has 0 aliphatic carbocycles. The summed E-state index contributed by atoms with van der Waals surface area (Å²) >= 11 is 0. The second-order valence-electron chi connectivity index (χ2n) is 7.77. The van der Waals surface area contributed by atoms with Crippen molar-refractivity contribution in [3.63, 3.8) is 0 Å². The quantitative estimate of drug-likeness (QED) is 0.498. The predicted molar refractivity (Wildman–Crippen MR) is 111 cm³/mol. The zero-order valence-corrected chi connectivity index (χ0v) is 17.5. The molecular weight excluding hydrogens is 354 g/mol. The molecule has 0 spiro atoms. The van der Waals surface area contributed by atoms with Crippen LogP contribution in [0.5, 0.6) is 0 Å². The van der Waals surface area contributed by atoms with E-state index in [0.29, 0.717) is 12.3 Å². The third-order valence-electron chi connectivity index (χ3n) is 5.23. The average molecular weight is 386 g/mol. The number of fused-ring (bicyclic) bond motifs is 3. The lowest BCUT2D eigenvalue weighted by Crippen LogP contribution is -2.29. The summed E-state index contributed by atoms with van der Waals surface area (Å²) in [4.78, 5) is 16.7. The van der Waals surface area contributed by atoms with Gasteiger partial charge in [-0.3, -0.25) is 9.36 Å². The SMILES string of the molecule is CCC1=C(C(C)CC)Nc2nc3ccccc3n2C1OCOC(=O)CC(C)C. The minimum atomic E-state index is -0.343. The van der Waals surface area contributed by atoms with E-state index in [4.69, 9.17) is 14.5 Å². The Labute approximate surface area is 166 Å². The highest BCUT2D eigenvalue weighted by atomic mass is 16.7. The summed E-state index contributed by atoms with van der Waals surface area (Å²) in [5.74, 6) is 1.16. The Morgan fingerprint density at radius 1 is 1.25 bits per heavy atom. The molecule has 6 nitrogen and oxygen atoms in total. The number of anilines is 1. The van der Waals surface area contributed by atoms with Crippen molar-refractivity contribution in [2.24, 2.45) is 11.8 Å². The highest BCUT2D eigenvalue weighted by Gasteiger charge is 2.31. The Hall–Kier alpha value is -2.34. The predicted octanol–water partition coefficient (Wildman–Crippen LogP) is 5.23. The summed E-state index contributed by atoms with van der Waals surface area (Å²) in [6, 6.07) is 8.01. The molecule has 3 rings (SSSR count). The summed E-state index contributed by atoms with van der Waals surface area (Å²) in [7, 11) is 0. The van der Waals surface area contributed by atoms with Crippen molar-refractivity contribution in [1.82, 2.24) is 9.55 Å². The van der Waals surface area contributed by atoms with Gasteiger partial charge in [0.2, 0.25) is 5.95 Å². The molecule has 6 heteroatoms. The van der Waals surface area contributed by atoms with Gasteiger partial charge in [0.15, 0.2) is 13.0 Å². The molecule has 2 atom stereocenters. The maximum atomic E-state index is 11.9. The molecule has 2 aromatic rings. The maximum absolute atomic E-state index is 11.9. The number of allylic oxidation sites excluding steroid dienone is 1. The highest BCUT2D eigenvalue weighted by molar-refractivity contribution is 5.80. The minimum Gasteiger partial charge on any atom is -0.438 e. The first-order valence-corrected chi connectivity index (χ1v) is 10.2. The molecule has 0 saturated carbocycles. The number of rotatable bonds is 8. The average Bonchev–Trinajstić information content (AvgIpc) is 3.04. The number of hydrogen-bond donors (Lipinski definition) is 1. The van der Waals surface area contributed by atoms with Gasteiger partial charge in [-0.15, -0.1) is 0 Å². The molecule has 1 N–H and O–H groups in total. The fourth-order valence-electron chi connectivity index (χ4n) is 3.60. The van der Waals surface area contributed by atoms with Crippen LogP contribution in [-0.2, 0) is 14.3 Å². The highest BCUT2D eigenvalue weighted by Crippen LogP contribution is 2.39. The topological polar surface area (TPSA) is 65.4 Å². The largest absolute Gasteiger partial charge is 0.438 e. The van der Waals surface area contributed by atoms with Gasteiger partial charge in [0, 0.05) is 12.1 Å². The van der Waals surface area contributed by atoms with E-state index in [1.54, 1.807) is 0 Å². The number of esters is 1. The first-order chi connectivity index (χ1) is 13.5. The Morgan fingerprint density at radius 2 is 2.00 bits per heavy atom. The molecule has 0 radical (unpaired) electrons. The lowest BCUT2D eigenvalue weighted by Gasteiger charge is -2.33. The molecular formula is C22H31N3O3. The number of benzene rings is 1. The second kappa shape index (κ2) is 8.78. The summed E-state index contributed by atoms with van der Waals surface area (Å²) < 4.78 is 13.5. The van der Waals surface area contributed by atoms with Gasteiger partial charge in [-0.05, 0) is 42.4 Å². The lowest BCUT2D eigenvalue weighted by molar-refractivity contribution is -0.163. The van der Waals surface area contributed by atoms with E-state index in [9.17, 15) is 4.79 Å². The summed E-state index contributed by atoms with van der Waals surface area (Å²) in [5.41, 5.74) is 4.24. The third kappa shape index (κ3) is 4.07. The van der Waals surface area contributed by atoms with Crippen LogP contribution in [0.4, 0.5) is 5.95 Å². The van der Waals surface area contributed by atoms with Gasteiger partial charge < -0.3 is 14.8 Å². The van der Waals surface area contributed by atoms with E-state index >= 15 is 0 Å². The Balaban J connectivity index is 1.93. The monoisotopic (exact) mass is 385 g/mol. The number of carbonyl (C=O) groups is 1. The van der Waals surface area contributed by atoms with Gasteiger partial charge in [0.05, 0.1) is 11.0 Å². The first kappa shape index (κ1) is 20.4. The molecule has 0 amide bonds. The number of carbonyl (C=O) groups excluding carboxylic acids is 1. The van der Waals surface area contributed by atoms with Crippen molar-refractivity contribution in [2.45, 2.75) is 60.1 Å². The van der Waals surface area contributed by atoms with Crippen LogP contribution in [0.3, 0.4) is 0 Å². The van der Waals surface area contributed by atoms with Crippen molar-refractivity contribution in [3.05, 3.63) is 35.5 Å². The van der Waals surface area contributed by atoms with E-state index in [2.05, 4.69) is 30.7 Å². The van der Waals surface area contributed by atoms with E-state index in [0.717, 1.165) is 35.5 Å². The zero-order chi connectivity index (χ0) is 20.3. The smallest absolute Gasteiger partial charge is 0.308 e. The molecule has 28 heavy (non-hydrogen) atoms. The van der Waals surface area contributed by atoms with Gasteiger partial charge >= 0.3 is 5.97 Å². The van der Waals surface area contributed by atoms with Gasteiger partial charge in [0.25, 0.3) is 0 Å². The third-order valence-corrected chi connectivity index (χ3v) is 5.23. The van der Waals surface area contributed by atoms with Crippen molar-refractivity contribution in [3.8, 4) is 0 Å². The van der Waals surface area contributed by atoms with Crippen LogP contribution >= 0.6 is 0 Å². The van der Waals surface area contributed by atoms with Crippen LogP contribution in [0.15, 0.2) is 35.5 Å². The van der Waals surface area contributed by atoms with Crippen LogP contribution in [0.2, 0.25) is 0 Å². The summed E-state index contributed by atoms with van der Waals surface area (Å²) in [6.45, 7) is 10.4. The molecule has 1 aliphatic heterocycles. The lowest BCUT2D eigenvalue weighted by atomic mass is 9.96. The van der Waals surface area contributed by atoms with Gasteiger partial charge in [-0.2, -0.15) is 0 Å². The molecule has 2 unspecified atom stereocenters. The first-order valence-electron chi connectivity index (χ1n) is 10.2. The Kier molecular flexibility index (Phi) is 6.39. The summed E-state index contributed by atoms with van der Waals surface area (Å²) in [5, 5.41) is 3.54. The zero-order valence-electron chi connectivity index (χ0n) is 17.5. The number of ether oxygens (including phenoxy) is 2. The van der Waals surface area contributed by atoms with Crippen LogP contribution in [0.25, 0.3) is 11.0 Å². The molecule has 2 heterocycles. The van der Waals surface area contributed by atoms with Crippen molar-refractivity contribution < 1.29 is 14.3 Å².